The molecule has 0 spiro atoms. The Balaban J connectivity index is 1.43. The highest BCUT2D eigenvalue weighted by molar-refractivity contribution is 5.85. The second-order valence-corrected chi connectivity index (χ2v) is 8.57. The maximum absolute atomic E-state index is 4.45. The second kappa shape index (κ2) is 8.45. The van der Waals surface area contributed by atoms with Crippen molar-refractivity contribution in [2.45, 2.75) is 32.2 Å². The Morgan fingerprint density at radius 2 is 1.73 bits per heavy atom. The van der Waals surface area contributed by atoms with Gasteiger partial charge < -0.3 is 4.98 Å². The van der Waals surface area contributed by atoms with Crippen molar-refractivity contribution in [3.8, 4) is 0 Å². The number of benzene rings is 2. The van der Waals surface area contributed by atoms with Crippen molar-refractivity contribution in [2.24, 2.45) is 5.92 Å². The Labute approximate surface area is 178 Å². The molecule has 0 saturated carbocycles. The molecule has 2 aromatic carbocycles. The minimum atomic E-state index is 0.243. The first-order chi connectivity index (χ1) is 14.8. The SMILES string of the molecule is Cc1[nH]c2ccccc2c1[C@@H](c1cccnc1)N1CCC(Cc2ccccc2)CC1. The zero-order chi connectivity index (χ0) is 20.3. The number of H-pyrrole nitrogens is 1. The summed E-state index contributed by atoms with van der Waals surface area (Å²) in [7, 11) is 0. The topological polar surface area (TPSA) is 31.9 Å². The molecule has 1 fully saturated rings. The van der Waals surface area contributed by atoms with Crippen molar-refractivity contribution < 1.29 is 0 Å². The van der Waals surface area contributed by atoms with Gasteiger partial charge in [-0.25, -0.2) is 0 Å². The number of rotatable bonds is 5. The molecule has 1 N–H and O–H groups in total. The number of aromatic nitrogens is 2. The average Bonchev–Trinajstić information content (AvgIpc) is 3.12. The van der Waals surface area contributed by atoms with E-state index in [0.29, 0.717) is 0 Å². The first-order valence-corrected chi connectivity index (χ1v) is 11.0. The first kappa shape index (κ1) is 19.1. The fourth-order valence-corrected chi connectivity index (χ4v) is 5.11. The zero-order valence-electron chi connectivity index (χ0n) is 17.6. The largest absolute Gasteiger partial charge is 0.358 e. The molecule has 1 aliphatic rings. The Kier molecular flexibility index (Phi) is 5.37. The summed E-state index contributed by atoms with van der Waals surface area (Å²) in [5.74, 6) is 0.766. The van der Waals surface area contributed by atoms with Gasteiger partial charge in [0.1, 0.15) is 0 Å². The molecule has 4 aromatic rings. The predicted molar refractivity (Wildman–Crippen MR) is 124 cm³/mol. The summed E-state index contributed by atoms with van der Waals surface area (Å²) < 4.78 is 0. The van der Waals surface area contributed by atoms with Crippen LogP contribution >= 0.6 is 0 Å². The first-order valence-electron chi connectivity index (χ1n) is 11.0. The van der Waals surface area contributed by atoms with Crippen LogP contribution in [0.15, 0.2) is 79.1 Å². The lowest BCUT2D eigenvalue weighted by molar-refractivity contribution is 0.151. The molecule has 0 aliphatic carbocycles. The van der Waals surface area contributed by atoms with Gasteiger partial charge in [-0.1, -0.05) is 54.6 Å². The van der Waals surface area contributed by atoms with Crippen LogP contribution < -0.4 is 0 Å². The number of hydrogen-bond donors (Lipinski definition) is 1. The van der Waals surface area contributed by atoms with Crippen LogP contribution in [0.5, 0.6) is 0 Å². The van der Waals surface area contributed by atoms with Gasteiger partial charge in [0.15, 0.2) is 0 Å². The van der Waals surface area contributed by atoms with E-state index in [1.165, 1.54) is 52.5 Å². The van der Waals surface area contributed by atoms with Gasteiger partial charge in [-0.3, -0.25) is 9.88 Å². The molecule has 1 aliphatic heterocycles. The lowest BCUT2D eigenvalue weighted by atomic mass is 9.87. The molecular formula is C27H29N3. The summed E-state index contributed by atoms with van der Waals surface area (Å²) in [6.07, 6.45) is 7.59. The number of hydrogen-bond acceptors (Lipinski definition) is 2. The van der Waals surface area contributed by atoms with E-state index in [9.17, 15) is 0 Å². The van der Waals surface area contributed by atoms with Crippen LogP contribution in [0, 0.1) is 12.8 Å². The van der Waals surface area contributed by atoms with Gasteiger partial charge in [0.2, 0.25) is 0 Å². The van der Waals surface area contributed by atoms with Gasteiger partial charge in [0, 0.05) is 34.6 Å². The van der Waals surface area contributed by atoms with Crippen LogP contribution in [-0.2, 0) is 6.42 Å². The fraction of sp³-hybridized carbons (Fsp3) is 0.296. The van der Waals surface area contributed by atoms with Crippen LogP contribution in [0.2, 0.25) is 0 Å². The quantitative estimate of drug-likeness (QED) is 0.455. The van der Waals surface area contributed by atoms with Gasteiger partial charge >= 0.3 is 0 Å². The highest BCUT2D eigenvalue weighted by Gasteiger charge is 2.30. The third-order valence-electron chi connectivity index (χ3n) is 6.60. The number of nitrogens with one attached hydrogen (secondary N) is 1. The number of likely N-dealkylation sites (tertiary alicyclic amines) is 1. The highest BCUT2D eigenvalue weighted by atomic mass is 15.2. The summed E-state index contributed by atoms with van der Waals surface area (Å²) in [5.41, 5.74) is 6.63. The summed E-state index contributed by atoms with van der Waals surface area (Å²) in [6, 6.07) is 24.2. The second-order valence-electron chi connectivity index (χ2n) is 8.57. The Hall–Kier alpha value is -2.91. The summed E-state index contributed by atoms with van der Waals surface area (Å²) in [4.78, 5) is 10.7. The third-order valence-corrected chi connectivity index (χ3v) is 6.60. The summed E-state index contributed by atoms with van der Waals surface area (Å²) >= 11 is 0. The van der Waals surface area contributed by atoms with Gasteiger partial charge in [-0.05, 0) is 68.5 Å². The number of aryl methyl sites for hydroxylation is 1. The summed E-state index contributed by atoms with van der Waals surface area (Å²) in [6.45, 7) is 4.45. The number of nitrogens with zero attached hydrogens (tertiary/aromatic N) is 2. The Morgan fingerprint density at radius 3 is 2.50 bits per heavy atom. The van der Waals surface area contributed by atoms with E-state index in [4.69, 9.17) is 0 Å². The lowest BCUT2D eigenvalue weighted by Crippen LogP contribution is -2.38. The van der Waals surface area contributed by atoms with E-state index < -0.39 is 0 Å². The van der Waals surface area contributed by atoms with Crippen molar-refractivity contribution in [2.75, 3.05) is 13.1 Å². The van der Waals surface area contributed by atoms with Crippen LogP contribution in [0.25, 0.3) is 10.9 Å². The highest BCUT2D eigenvalue weighted by Crippen LogP contribution is 2.38. The van der Waals surface area contributed by atoms with E-state index in [1.807, 2.05) is 12.4 Å². The van der Waals surface area contributed by atoms with E-state index >= 15 is 0 Å². The van der Waals surface area contributed by atoms with Crippen molar-refractivity contribution in [3.63, 3.8) is 0 Å². The summed E-state index contributed by atoms with van der Waals surface area (Å²) in [5, 5.41) is 1.33. The molecule has 3 heteroatoms. The standard InChI is InChI=1S/C27H29N3/c1-20-26(24-11-5-6-12-25(24)29-20)27(23-10-7-15-28-19-23)30-16-13-22(14-17-30)18-21-8-3-2-4-9-21/h2-12,15,19,22,27,29H,13-14,16-18H2,1H3/t27-/m1/s1. The fourth-order valence-electron chi connectivity index (χ4n) is 5.11. The van der Waals surface area contributed by atoms with E-state index in [1.54, 1.807) is 0 Å². The van der Waals surface area contributed by atoms with Gasteiger partial charge in [0.25, 0.3) is 0 Å². The number of para-hydroxylation sites is 1. The Morgan fingerprint density at radius 1 is 0.967 bits per heavy atom. The molecule has 30 heavy (non-hydrogen) atoms. The molecule has 3 nitrogen and oxygen atoms in total. The molecule has 3 heterocycles. The molecule has 5 rings (SSSR count). The van der Waals surface area contributed by atoms with Crippen LogP contribution in [0.3, 0.4) is 0 Å². The number of fused-ring (bicyclic) bond motifs is 1. The lowest BCUT2D eigenvalue weighted by Gasteiger charge is -2.38. The maximum atomic E-state index is 4.45. The molecule has 0 amide bonds. The predicted octanol–water partition coefficient (Wildman–Crippen LogP) is 5.92. The third kappa shape index (κ3) is 3.78. The molecule has 0 unspecified atom stereocenters. The monoisotopic (exact) mass is 395 g/mol. The zero-order valence-corrected chi connectivity index (χ0v) is 17.6. The number of piperidine rings is 1. The van der Waals surface area contributed by atoms with Crippen molar-refractivity contribution in [1.29, 1.82) is 0 Å². The average molecular weight is 396 g/mol. The molecular weight excluding hydrogens is 366 g/mol. The molecule has 1 atom stereocenters. The van der Waals surface area contributed by atoms with Crippen LogP contribution in [0.1, 0.15) is 41.3 Å². The minimum absolute atomic E-state index is 0.243. The van der Waals surface area contributed by atoms with E-state index in [0.717, 1.165) is 19.0 Å². The molecule has 0 bridgehead atoms. The van der Waals surface area contributed by atoms with Crippen molar-refractivity contribution in [1.82, 2.24) is 14.9 Å². The molecule has 2 aromatic heterocycles. The van der Waals surface area contributed by atoms with Gasteiger partial charge in [-0.15, -0.1) is 0 Å². The molecule has 152 valence electrons. The van der Waals surface area contributed by atoms with E-state index in [-0.39, 0.29) is 6.04 Å². The van der Waals surface area contributed by atoms with E-state index in [2.05, 4.69) is 88.5 Å². The Bertz CT molecular complexity index is 1090. The molecule has 1 saturated heterocycles. The normalized spacial score (nSPS) is 16.7. The number of pyridine rings is 1. The maximum Gasteiger partial charge on any atom is 0.0640 e. The molecule has 0 radical (unpaired) electrons. The smallest absolute Gasteiger partial charge is 0.0640 e. The van der Waals surface area contributed by atoms with Crippen LogP contribution in [-0.4, -0.2) is 28.0 Å². The van der Waals surface area contributed by atoms with Gasteiger partial charge in [-0.2, -0.15) is 0 Å². The van der Waals surface area contributed by atoms with Crippen molar-refractivity contribution in [3.05, 3.63) is 102 Å². The minimum Gasteiger partial charge on any atom is -0.358 e. The number of aromatic amines is 1. The van der Waals surface area contributed by atoms with Crippen LogP contribution in [0.4, 0.5) is 0 Å². The van der Waals surface area contributed by atoms with Gasteiger partial charge in [0.05, 0.1) is 6.04 Å². The van der Waals surface area contributed by atoms with Crippen molar-refractivity contribution >= 4 is 10.9 Å².